The lowest BCUT2D eigenvalue weighted by Crippen LogP contribution is -2.32. The number of nitrogens with zero attached hydrogens (tertiary/aromatic N) is 3. The lowest BCUT2D eigenvalue weighted by atomic mass is 10.4. The van der Waals surface area contributed by atoms with Crippen molar-refractivity contribution in [3.63, 3.8) is 0 Å². The molecule has 0 aromatic carbocycles. The third-order valence-corrected chi connectivity index (χ3v) is 4.57. The van der Waals surface area contributed by atoms with Crippen molar-refractivity contribution in [2.75, 3.05) is 0 Å². The van der Waals surface area contributed by atoms with Crippen LogP contribution in [0.2, 0.25) is 0 Å². The lowest BCUT2D eigenvalue weighted by Gasteiger charge is -2.21. The number of amides is 1. The Kier molecular flexibility index (Phi) is 3.94. The minimum Gasteiger partial charge on any atom is -0.314 e. The number of aromatic nitrogens is 2. The Morgan fingerprint density at radius 2 is 1.80 bits per heavy atom. The van der Waals surface area contributed by atoms with E-state index in [2.05, 4.69) is 4.98 Å². The van der Waals surface area contributed by atoms with E-state index in [1.54, 1.807) is 35.1 Å². The van der Waals surface area contributed by atoms with Crippen molar-refractivity contribution in [1.82, 2.24) is 14.5 Å². The van der Waals surface area contributed by atoms with Gasteiger partial charge in [-0.2, -0.15) is 0 Å². The van der Waals surface area contributed by atoms with Crippen LogP contribution in [0.4, 0.5) is 4.79 Å². The standard InChI is InChI=1S/C14H13N3OS2/c18-14(16-6-5-15-11-16)17(9-12-3-1-7-19-12)10-13-4-2-8-20-13/h1-8,11H,9-10H2. The maximum absolute atomic E-state index is 12.5. The van der Waals surface area contributed by atoms with Gasteiger partial charge in [-0.25, -0.2) is 9.78 Å². The smallest absolute Gasteiger partial charge is 0.314 e. The number of carbonyl (C=O) groups excluding carboxylic acids is 1. The molecule has 3 rings (SSSR count). The van der Waals surface area contributed by atoms with E-state index in [-0.39, 0.29) is 6.03 Å². The van der Waals surface area contributed by atoms with Gasteiger partial charge in [0.25, 0.3) is 0 Å². The second-order valence-electron chi connectivity index (χ2n) is 4.27. The van der Waals surface area contributed by atoms with Crippen LogP contribution in [-0.4, -0.2) is 20.5 Å². The van der Waals surface area contributed by atoms with Gasteiger partial charge in [-0.15, -0.1) is 22.7 Å². The molecule has 0 aliphatic heterocycles. The van der Waals surface area contributed by atoms with Crippen LogP contribution in [-0.2, 0) is 13.1 Å². The summed E-state index contributed by atoms with van der Waals surface area (Å²) in [7, 11) is 0. The van der Waals surface area contributed by atoms with Crippen LogP contribution in [0.5, 0.6) is 0 Å². The molecule has 0 bridgehead atoms. The van der Waals surface area contributed by atoms with E-state index in [0.29, 0.717) is 13.1 Å². The van der Waals surface area contributed by atoms with E-state index in [4.69, 9.17) is 0 Å². The molecule has 0 aliphatic rings. The van der Waals surface area contributed by atoms with E-state index in [1.165, 1.54) is 20.6 Å². The molecule has 0 spiro atoms. The van der Waals surface area contributed by atoms with E-state index in [1.807, 2.05) is 39.9 Å². The molecule has 0 saturated heterocycles. The highest BCUT2D eigenvalue weighted by Crippen LogP contribution is 2.18. The molecule has 0 atom stereocenters. The highest BCUT2D eigenvalue weighted by molar-refractivity contribution is 7.10. The third-order valence-electron chi connectivity index (χ3n) is 2.85. The number of thiophene rings is 2. The zero-order valence-electron chi connectivity index (χ0n) is 10.7. The molecule has 0 saturated carbocycles. The first kappa shape index (κ1) is 13.1. The van der Waals surface area contributed by atoms with Gasteiger partial charge >= 0.3 is 6.03 Å². The molecule has 0 aliphatic carbocycles. The van der Waals surface area contributed by atoms with E-state index in [9.17, 15) is 4.79 Å². The maximum atomic E-state index is 12.5. The van der Waals surface area contributed by atoms with Gasteiger partial charge in [-0.1, -0.05) is 12.1 Å². The Balaban J connectivity index is 1.81. The van der Waals surface area contributed by atoms with Crippen LogP contribution in [0.15, 0.2) is 53.7 Å². The predicted octanol–water partition coefficient (Wildman–Crippen LogP) is 3.68. The SMILES string of the molecule is O=C(N(Cc1cccs1)Cc1cccs1)n1ccnc1. The summed E-state index contributed by atoms with van der Waals surface area (Å²) >= 11 is 3.33. The molecule has 0 fully saturated rings. The van der Waals surface area contributed by atoms with Gasteiger partial charge in [-0.3, -0.25) is 4.57 Å². The van der Waals surface area contributed by atoms with Crippen LogP contribution in [0, 0.1) is 0 Å². The monoisotopic (exact) mass is 303 g/mol. The summed E-state index contributed by atoms with van der Waals surface area (Å²) in [4.78, 5) is 20.6. The summed E-state index contributed by atoms with van der Waals surface area (Å²) in [5.41, 5.74) is 0. The minimum atomic E-state index is -0.0516. The largest absolute Gasteiger partial charge is 0.330 e. The molecule has 0 N–H and O–H groups in total. The first-order valence-corrected chi connectivity index (χ1v) is 7.91. The van der Waals surface area contributed by atoms with Crippen molar-refractivity contribution in [2.24, 2.45) is 0 Å². The third kappa shape index (κ3) is 2.97. The maximum Gasteiger partial charge on any atom is 0.330 e. The fraction of sp³-hybridized carbons (Fsp3) is 0.143. The zero-order valence-corrected chi connectivity index (χ0v) is 12.3. The van der Waals surface area contributed by atoms with Crippen LogP contribution >= 0.6 is 22.7 Å². The van der Waals surface area contributed by atoms with E-state index in [0.717, 1.165) is 0 Å². The number of hydrogen-bond donors (Lipinski definition) is 0. The Bertz CT molecular complexity index is 608. The van der Waals surface area contributed by atoms with Crippen molar-refractivity contribution in [1.29, 1.82) is 0 Å². The fourth-order valence-corrected chi connectivity index (χ4v) is 3.35. The molecule has 3 aromatic rings. The molecule has 102 valence electrons. The highest BCUT2D eigenvalue weighted by atomic mass is 32.1. The average molecular weight is 303 g/mol. The Labute approximate surface area is 124 Å². The summed E-state index contributed by atoms with van der Waals surface area (Å²) < 4.78 is 1.52. The normalized spacial score (nSPS) is 10.6. The molecule has 20 heavy (non-hydrogen) atoms. The molecular formula is C14H13N3OS2. The van der Waals surface area contributed by atoms with Gasteiger partial charge in [0.05, 0.1) is 13.1 Å². The highest BCUT2D eigenvalue weighted by Gasteiger charge is 2.17. The van der Waals surface area contributed by atoms with Crippen LogP contribution in [0.3, 0.4) is 0 Å². The van der Waals surface area contributed by atoms with Crippen LogP contribution < -0.4 is 0 Å². The first-order valence-electron chi connectivity index (χ1n) is 6.15. The number of rotatable bonds is 4. The fourth-order valence-electron chi connectivity index (χ4n) is 1.91. The summed E-state index contributed by atoms with van der Waals surface area (Å²) in [5.74, 6) is 0. The lowest BCUT2D eigenvalue weighted by molar-refractivity contribution is 0.195. The first-order chi connectivity index (χ1) is 9.83. The summed E-state index contributed by atoms with van der Waals surface area (Å²) in [6.45, 7) is 1.24. The average Bonchev–Trinajstić information content (AvgIpc) is 3.20. The Morgan fingerprint density at radius 3 is 2.25 bits per heavy atom. The molecule has 3 aromatic heterocycles. The molecule has 0 radical (unpaired) electrons. The van der Waals surface area contributed by atoms with Gasteiger partial charge in [-0.05, 0) is 22.9 Å². The number of imidazole rings is 1. The molecule has 4 nitrogen and oxygen atoms in total. The molecule has 1 amide bonds. The summed E-state index contributed by atoms with van der Waals surface area (Å²) in [6, 6.07) is 8.06. The van der Waals surface area contributed by atoms with Crippen molar-refractivity contribution in [3.05, 3.63) is 63.5 Å². The minimum absolute atomic E-state index is 0.0516. The molecule has 0 unspecified atom stereocenters. The molecule has 3 heterocycles. The van der Waals surface area contributed by atoms with Crippen molar-refractivity contribution in [3.8, 4) is 0 Å². The van der Waals surface area contributed by atoms with Gasteiger partial charge in [0, 0.05) is 22.1 Å². The van der Waals surface area contributed by atoms with Crippen LogP contribution in [0.1, 0.15) is 9.75 Å². The van der Waals surface area contributed by atoms with Gasteiger partial charge in [0.15, 0.2) is 0 Å². The summed E-state index contributed by atoms with van der Waals surface area (Å²) in [5, 5.41) is 4.06. The Morgan fingerprint density at radius 1 is 1.15 bits per heavy atom. The predicted molar refractivity (Wildman–Crippen MR) is 80.9 cm³/mol. The van der Waals surface area contributed by atoms with Gasteiger partial charge < -0.3 is 4.90 Å². The van der Waals surface area contributed by atoms with Gasteiger partial charge in [0.2, 0.25) is 0 Å². The van der Waals surface area contributed by atoms with Gasteiger partial charge in [0.1, 0.15) is 6.33 Å². The summed E-state index contributed by atoms with van der Waals surface area (Å²) in [6.07, 6.45) is 4.84. The Hall–Kier alpha value is -1.92. The molecular weight excluding hydrogens is 290 g/mol. The second kappa shape index (κ2) is 6.02. The van der Waals surface area contributed by atoms with Crippen molar-refractivity contribution in [2.45, 2.75) is 13.1 Å². The van der Waals surface area contributed by atoms with E-state index < -0.39 is 0 Å². The topological polar surface area (TPSA) is 38.1 Å². The molecule has 6 heteroatoms. The zero-order chi connectivity index (χ0) is 13.8. The van der Waals surface area contributed by atoms with E-state index >= 15 is 0 Å². The van der Waals surface area contributed by atoms with Crippen molar-refractivity contribution < 1.29 is 4.79 Å². The quantitative estimate of drug-likeness (QED) is 0.737. The number of carbonyl (C=O) groups is 1. The number of hydrogen-bond acceptors (Lipinski definition) is 4. The van der Waals surface area contributed by atoms with Crippen LogP contribution in [0.25, 0.3) is 0 Å². The second-order valence-corrected chi connectivity index (χ2v) is 6.33. The van der Waals surface area contributed by atoms with Crippen molar-refractivity contribution >= 4 is 28.7 Å².